The van der Waals surface area contributed by atoms with E-state index < -0.39 is 0 Å². The molecule has 1 heterocycles. The third-order valence-electron chi connectivity index (χ3n) is 2.62. The van der Waals surface area contributed by atoms with Crippen LogP contribution in [0.15, 0.2) is 0 Å². The Labute approximate surface area is 85.6 Å². The molecule has 1 amide bonds. The van der Waals surface area contributed by atoms with Gasteiger partial charge in [0.15, 0.2) is 0 Å². The number of nitrogens with one attached hydrogen (secondary N) is 1. The highest BCUT2D eigenvalue weighted by molar-refractivity contribution is 5.79. The van der Waals surface area contributed by atoms with Crippen molar-refractivity contribution in [2.24, 2.45) is 5.92 Å². The molecule has 14 heavy (non-hydrogen) atoms. The van der Waals surface area contributed by atoms with Crippen LogP contribution in [0, 0.1) is 5.92 Å². The van der Waals surface area contributed by atoms with E-state index in [2.05, 4.69) is 5.32 Å². The Morgan fingerprint density at radius 2 is 2.36 bits per heavy atom. The Morgan fingerprint density at radius 3 is 2.86 bits per heavy atom. The van der Waals surface area contributed by atoms with Crippen molar-refractivity contribution in [3.63, 3.8) is 0 Å². The number of ether oxygens (including phenoxy) is 1. The maximum atomic E-state index is 11.8. The van der Waals surface area contributed by atoms with Crippen LogP contribution in [0.4, 0.5) is 0 Å². The lowest BCUT2D eigenvalue weighted by Gasteiger charge is -2.19. The minimum atomic E-state index is 0.0758. The molecule has 82 valence electrons. The van der Waals surface area contributed by atoms with Gasteiger partial charge < -0.3 is 15.0 Å². The van der Waals surface area contributed by atoms with Gasteiger partial charge in [-0.3, -0.25) is 4.79 Å². The van der Waals surface area contributed by atoms with Gasteiger partial charge in [0.05, 0.1) is 18.6 Å². The molecule has 0 bridgehead atoms. The number of carbonyl (C=O) groups excluding carboxylic acids is 1. The first-order valence-electron chi connectivity index (χ1n) is 5.16. The van der Waals surface area contributed by atoms with Crippen LogP contribution in [0.2, 0.25) is 0 Å². The molecular formula is C10H20N2O2. The number of hydrogen-bond acceptors (Lipinski definition) is 3. The maximum Gasteiger partial charge on any atom is 0.227 e. The van der Waals surface area contributed by atoms with E-state index in [1.807, 2.05) is 21.0 Å². The van der Waals surface area contributed by atoms with Crippen molar-refractivity contribution in [1.82, 2.24) is 10.2 Å². The summed E-state index contributed by atoms with van der Waals surface area (Å²) in [5.41, 5.74) is 0. The molecule has 1 saturated heterocycles. The van der Waals surface area contributed by atoms with Crippen molar-refractivity contribution in [2.75, 3.05) is 33.8 Å². The minimum absolute atomic E-state index is 0.0758. The summed E-state index contributed by atoms with van der Waals surface area (Å²) in [7, 11) is 3.74. The van der Waals surface area contributed by atoms with E-state index in [-0.39, 0.29) is 17.9 Å². The minimum Gasteiger partial charge on any atom is -0.378 e. The van der Waals surface area contributed by atoms with Gasteiger partial charge in [0.25, 0.3) is 0 Å². The predicted octanol–water partition coefficient (Wildman–Crippen LogP) is 0.0892. The van der Waals surface area contributed by atoms with Crippen molar-refractivity contribution in [1.29, 1.82) is 0 Å². The standard InChI is InChI=1S/C10H20N2O2/c1-8-6-9(7-14-8)10(13)12(3)5-4-11-2/h8-9,11H,4-7H2,1-3H3. The highest BCUT2D eigenvalue weighted by Crippen LogP contribution is 2.20. The Morgan fingerprint density at radius 1 is 1.64 bits per heavy atom. The lowest BCUT2D eigenvalue weighted by atomic mass is 10.1. The molecule has 2 unspecified atom stereocenters. The fourth-order valence-corrected chi connectivity index (χ4v) is 1.69. The summed E-state index contributed by atoms with van der Waals surface area (Å²) < 4.78 is 5.38. The third kappa shape index (κ3) is 2.96. The highest BCUT2D eigenvalue weighted by Gasteiger charge is 2.29. The molecule has 0 aromatic heterocycles. The molecule has 0 aromatic rings. The first kappa shape index (κ1) is 11.5. The summed E-state index contributed by atoms with van der Waals surface area (Å²) in [5, 5.41) is 3.03. The molecule has 2 atom stereocenters. The molecule has 4 heteroatoms. The summed E-state index contributed by atoms with van der Waals surface area (Å²) >= 11 is 0. The zero-order valence-corrected chi connectivity index (χ0v) is 9.25. The summed E-state index contributed by atoms with van der Waals surface area (Å²) in [5.74, 6) is 0.288. The Hall–Kier alpha value is -0.610. The van der Waals surface area contributed by atoms with Gasteiger partial charge in [0.2, 0.25) is 5.91 Å². The normalized spacial score (nSPS) is 26.5. The smallest absolute Gasteiger partial charge is 0.227 e. The van der Waals surface area contributed by atoms with Crippen LogP contribution in [0.3, 0.4) is 0 Å². The van der Waals surface area contributed by atoms with Crippen molar-refractivity contribution in [3.8, 4) is 0 Å². The fraction of sp³-hybridized carbons (Fsp3) is 0.900. The number of nitrogens with zero attached hydrogens (tertiary/aromatic N) is 1. The summed E-state index contributed by atoms with van der Waals surface area (Å²) in [6.07, 6.45) is 1.10. The number of rotatable bonds is 4. The molecule has 4 nitrogen and oxygen atoms in total. The molecule has 0 aliphatic carbocycles. The monoisotopic (exact) mass is 200 g/mol. The van der Waals surface area contributed by atoms with E-state index in [1.54, 1.807) is 4.90 Å². The maximum absolute atomic E-state index is 11.8. The molecule has 1 N–H and O–H groups in total. The van der Waals surface area contributed by atoms with E-state index in [0.717, 1.165) is 19.5 Å². The van der Waals surface area contributed by atoms with Gasteiger partial charge in [-0.2, -0.15) is 0 Å². The molecule has 0 spiro atoms. The predicted molar refractivity (Wildman–Crippen MR) is 55.1 cm³/mol. The average Bonchev–Trinajstić information content (AvgIpc) is 2.60. The second-order valence-electron chi connectivity index (χ2n) is 3.94. The Balaban J connectivity index is 2.32. The first-order chi connectivity index (χ1) is 6.65. The average molecular weight is 200 g/mol. The second-order valence-corrected chi connectivity index (χ2v) is 3.94. The number of likely N-dealkylation sites (N-methyl/N-ethyl adjacent to an activating group) is 2. The Bertz CT molecular complexity index is 197. The quantitative estimate of drug-likeness (QED) is 0.699. The van der Waals surface area contributed by atoms with Gasteiger partial charge in [-0.05, 0) is 20.4 Å². The van der Waals surface area contributed by atoms with Gasteiger partial charge in [0, 0.05) is 20.1 Å². The number of hydrogen-bond donors (Lipinski definition) is 1. The SMILES string of the molecule is CNCCN(C)C(=O)C1COC(C)C1. The number of amides is 1. The molecule has 1 aliphatic heterocycles. The van der Waals surface area contributed by atoms with Crippen molar-refractivity contribution in [3.05, 3.63) is 0 Å². The zero-order chi connectivity index (χ0) is 10.6. The first-order valence-corrected chi connectivity index (χ1v) is 5.16. The fourth-order valence-electron chi connectivity index (χ4n) is 1.69. The van der Waals surface area contributed by atoms with Crippen LogP contribution in [-0.2, 0) is 9.53 Å². The van der Waals surface area contributed by atoms with Crippen LogP contribution in [0.25, 0.3) is 0 Å². The van der Waals surface area contributed by atoms with Crippen LogP contribution in [-0.4, -0.2) is 50.7 Å². The highest BCUT2D eigenvalue weighted by atomic mass is 16.5. The van der Waals surface area contributed by atoms with Gasteiger partial charge in [-0.15, -0.1) is 0 Å². The summed E-state index contributed by atoms with van der Waals surface area (Å²) in [4.78, 5) is 13.6. The summed E-state index contributed by atoms with van der Waals surface area (Å²) in [6, 6.07) is 0. The molecule has 0 radical (unpaired) electrons. The molecule has 1 fully saturated rings. The van der Waals surface area contributed by atoms with E-state index in [1.165, 1.54) is 0 Å². The molecule has 0 saturated carbocycles. The summed E-state index contributed by atoms with van der Waals surface area (Å²) in [6.45, 7) is 4.20. The van der Waals surface area contributed by atoms with Crippen LogP contribution in [0.5, 0.6) is 0 Å². The molecule has 1 rings (SSSR count). The van der Waals surface area contributed by atoms with Crippen LogP contribution in [0.1, 0.15) is 13.3 Å². The molecule has 1 aliphatic rings. The van der Waals surface area contributed by atoms with Gasteiger partial charge in [-0.25, -0.2) is 0 Å². The van der Waals surface area contributed by atoms with Crippen molar-refractivity contribution < 1.29 is 9.53 Å². The van der Waals surface area contributed by atoms with E-state index in [4.69, 9.17) is 4.74 Å². The largest absolute Gasteiger partial charge is 0.378 e. The number of carbonyl (C=O) groups is 1. The van der Waals surface area contributed by atoms with Crippen LogP contribution >= 0.6 is 0 Å². The van der Waals surface area contributed by atoms with Crippen LogP contribution < -0.4 is 5.32 Å². The zero-order valence-electron chi connectivity index (χ0n) is 9.25. The third-order valence-corrected chi connectivity index (χ3v) is 2.62. The molecular weight excluding hydrogens is 180 g/mol. The van der Waals surface area contributed by atoms with E-state index in [9.17, 15) is 4.79 Å². The van der Waals surface area contributed by atoms with E-state index in [0.29, 0.717) is 6.61 Å². The lowest BCUT2D eigenvalue weighted by molar-refractivity contribution is -0.134. The molecule has 0 aromatic carbocycles. The topological polar surface area (TPSA) is 41.6 Å². The van der Waals surface area contributed by atoms with Crippen molar-refractivity contribution >= 4 is 5.91 Å². The van der Waals surface area contributed by atoms with Gasteiger partial charge in [-0.1, -0.05) is 0 Å². The van der Waals surface area contributed by atoms with Gasteiger partial charge in [0.1, 0.15) is 0 Å². The lowest BCUT2D eigenvalue weighted by Crippen LogP contribution is -2.37. The van der Waals surface area contributed by atoms with Gasteiger partial charge >= 0.3 is 0 Å². The Kier molecular flexibility index (Phi) is 4.35. The van der Waals surface area contributed by atoms with E-state index >= 15 is 0 Å². The second kappa shape index (κ2) is 5.32. The van der Waals surface area contributed by atoms with Crippen molar-refractivity contribution in [2.45, 2.75) is 19.4 Å².